The lowest BCUT2D eigenvalue weighted by molar-refractivity contribution is 0.434. The molecule has 3 heteroatoms. The van der Waals surface area contributed by atoms with E-state index < -0.39 is 0 Å². The maximum absolute atomic E-state index is 6.18. The van der Waals surface area contributed by atoms with E-state index in [1.807, 2.05) is 18.2 Å². The highest BCUT2D eigenvalue weighted by atomic mass is 35.5. The van der Waals surface area contributed by atoms with Gasteiger partial charge in [0, 0.05) is 16.1 Å². The second-order valence-electron chi connectivity index (χ2n) is 5.09. The van der Waals surface area contributed by atoms with Gasteiger partial charge < -0.3 is 5.32 Å². The van der Waals surface area contributed by atoms with Crippen LogP contribution in [0.2, 0.25) is 10.0 Å². The molecule has 0 amide bonds. The van der Waals surface area contributed by atoms with Crippen LogP contribution in [0.5, 0.6) is 0 Å². The Balaban J connectivity index is 1.83. The number of hydrogen-bond donors (Lipinski definition) is 1. The molecule has 1 aliphatic carbocycles. The lowest BCUT2D eigenvalue weighted by Crippen LogP contribution is -2.30. The molecule has 1 nitrogen and oxygen atoms in total. The molecule has 1 aromatic rings. The predicted molar refractivity (Wildman–Crippen MR) is 79.6 cm³/mol. The van der Waals surface area contributed by atoms with Gasteiger partial charge in [-0.3, -0.25) is 0 Å². The number of hydrogen-bond acceptors (Lipinski definition) is 1. The highest BCUT2D eigenvalue weighted by Crippen LogP contribution is 2.35. The molecular formula is C15H21Cl2N. The van der Waals surface area contributed by atoms with Gasteiger partial charge in [-0.05, 0) is 62.3 Å². The van der Waals surface area contributed by atoms with E-state index in [4.69, 9.17) is 23.2 Å². The molecule has 1 aromatic carbocycles. The molecule has 1 N–H and O–H groups in total. The first-order valence-corrected chi connectivity index (χ1v) is 7.64. The second-order valence-corrected chi connectivity index (χ2v) is 5.91. The van der Waals surface area contributed by atoms with Crippen molar-refractivity contribution < 1.29 is 0 Å². The molecule has 1 atom stereocenters. The zero-order valence-electron chi connectivity index (χ0n) is 10.9. The molecule has 18 heavy (non-hydrogen) atoms. The summed E-state index contributed by atoms with van der Waals surface area (Å²) in [5, 5.41) is 5.19. The Morgan fingerprint density at radius 2 is 1.94 bits per heavy atom. The first kappa shape index (κ1) is 14.2. The molecule has 1 fully saturated rings. The minimum absolute atomic E-state index is 0.691. The molecule has 0 radical (unpaired) electrons. The Kier molecular flexibility index (Phi) is 5.35. The van der Waals surface area contributed by atoms with Crippen molar-refractivity contribution in [2.24, 2.45) is 5.92 Å². The summed E-state index contributed by atoms with van der Waals surface area (Å²) in [5.74, 6) is 0.909. The third-order valence-electron chi connectivity index (χ3n) is 3.66. The van der Waals surface area contributed by atoms with Crippen molar-refractivity contribution in [1.29, 1.82) is 0 Å². The molecule has 0 bridgehead atoms. The largest absolute Gasteiger partial charge is 0.314 e. The third-order valence-corrected chi connectivity index (χ3v) is 4.37. The molecule has 1 aliphatic rings. The smallest absolute Gasteiger partial charge is 0.0452 e. The fraction of sp³-hybridized carbons (Fsp3) is 0.600. The van der Waals surface area contributed by atoms with Gasteiger partial charge in [-0.2, -0.15) is 0 Å². The molecule has 0 aromatic heterocycles. The van der Waals surface area contributed by atoms with Crippen LogP contribution in [0.15, 0.2) is 18.2 Å². The molecule has 1 saturated carbocycles. The van der Waals surface area contributed by atoms with Gasteiger partial charge in [0.05, 0.1) is 0 Å². The number of rotatable bonds is 7. The quantitative estimate of drug-likeness (QED) is 0.765. The maximum Gasteiger partial charge on any atom is 0.0452 e. The highest BCUT2D eigenvalue weighted by molar-refractivity contribution is 6.35. The summed E-state index contributed by atoms with van der Waals surface area (Å²) in [6, 6.07) is 6.44. The van der Waals surface area contributed by atoms with E-state index in [9.17, 15) is 0 Å². The van der Waals surface area contributed by atoms with Crippen LogP contribution in [0.25, 0.3) is 0 Å². The maximum atomic E-state index is 6.18. The summed E-state index contributed by atoms with van der Waals surface area (Å²) < 4.78 is 0. The van der Waals surface area contributed by atoms with E-state index in [0.29, 0.717) is 6.04 Å². The summed E-state index contributed by atoms with van der Waals surface area (Å²) in [7, 11) is 0. The zero-order valence-corrected chi connectivity index (χ0v) is 12.4. The van der Waals surface area contributed by atoms with Crippen molar-refractivity contribution in [3.05, 3.63) is 33.8 Å². The molecular weight excluding hydrogens is 265 g/mol. The minimum Gasteiger partial charge on any atom is -0.314 e. The summed E-state index contributed by atoms with van der Waals surface area (Å²) in [6.45, 7) is 3.24. The van der Waals surface area contributed by atoms with Crippen molar-refractivity contribution in [3.8, 4) is 0 Å². The standard InChI is InChI=1S/C15H21Cl2N/c1-2-18-15(11-9-10-11)8-3-5-12-13(16)6-4-7-14(12)17/h4,6-7,11,15,18H,2-3,5,8-10H2,1H3. The van der Waals surface area contributed by atoms with Gasteiger partial charge in [-0.25, -0.2) is 0 Å². The van der Waals surface area contributed by atoms with Gasteiger partial charge >= 0.3 is 0 Å². The average Bonchev–Trinajstić information content (AvgIpc) is 3.15. The Hall–Kier alpha value is -0.240. The monoisotopic (exact) mass is 285 g/mol. The van der Waals surface area contributed by atoms with Crippen molar-refractivity contribution in [2.45, 2.75) is 45.1 Å². The van der Waals surface area contributed by atoms with Crippen molar-refractivity contribution in [1.82, 2.24) is 5.32 Å². The topological polar surface area (TPSA) is 12.0 Å². The van der Waals surface area contributed by atoms with Crippen LogP contribution in [-0.4, -0.2) is 12.6 Å². The summed E-state index contributed by atoms with van der Waals surface area (Å²) in [5.41, 5.74) is 1.10. The van der Waals surface area contributed by atoms with Crippen LogP contribution in [0, 0.1) is 5.92 Å². The Morgan fingerprint density at radius 3 is 2.50 bits per heavy atom. The van der Waals surface area contributed by atoms with E-state index in [0.717, 1.165) is 40.9 Å². The normalized spacial score (nSPS) is 16.8. The number of benzene rings is 1. The predicted octanol–water partition coefficient (Wildman–Crippen LogP) is 4.70. The summed E-state index contributed by atoms with van der Waals surface area (Å²) in [4.78, 5) is 0. The number of nitrogens with one attached hydrogen (secondary N) is 1. The first-order valence-electron chi connectivity index (χ1n) is 6.88. The Bertz CT molecular complexity index is 368. The van der Waals surface area contributed by atoms with Crippen molar-refractivity contribution in [3.63, 3.8) is 0 Å². The minimum atomic E-state index is 0.691. The molecule has 0 spiro atoms. The van der Waals surface area contributed by atoms with Gasteiger partial charge in [0.25, 0.3) is 0 Å². The lowest BCUT2D eigenvalue weighted by atomic mass is 10.0. The Labute approximate surface area is 120 Å². The summed E-state index contributed by atoms with van der Waals surface area (Å²) in [6.07, 6.45) is 6.14. The van der Waals surface area contributed by atoms with Crippen LogP contribution < -0.4 is 5.32 Å². The van der Waals surface area contributed by atoms with E-state index >= 15 is 0 Å². The molecule has 100 valence electrons. The van der Waals surface area contributed by atoms with Crippen LogP contribution >= 0.6 is 23.2 Å². The van der Waals surface area contributed by atoms with E-state index in [-0.39, 0.29) is 0 Å². The molecule has 1 unspecified atom stereocenters. The first-order chi connectivity index (χ1) is 8.72. The van der Waals surface area contributed by atoms with Crippen LogP contribution in [0.4, 0.5) is 0 Å². The van der Waals surface area contributed by atoms with Crippen molar-refractivity contribution >= 4 is 23.2 Å². The van der Waals surface area contributed by atoms with Crippen LogP contribution in [0.3, 0.4) is 0 Å². The molecule has 0 saturated heterocycles. The van der Waals surface area contributed by atoms with Gasteiger partial charge in [-0.1, -0.05) is 36.2 Å². The Morgan fingerprint density at radius 1 is 1.28 bits per heavy atom. The number of halogens is 2. The van der Waals surface area contributed by atoms with Crippen LogP contribution in [0.1, 0.15) is 38.2 Å². The average molecular weight is 286 g/mol. The zero-order chi connectivity index (χ0) is 13.0. The lowest BCUT2D eigenvalue weighted by Gasteiger charge is -2.17. The van der Waals surface area contributed by atoms with E-state index in [1.165, 1.54) is 19.3 Å². The molecule has 0 heterocycles. The highest BCUT2D eigenvalue weighted by Gasteiger charge is 2.29. The molecule has 2 rings (SSSR count). The van der Waals surface area contributed by atoms with Crippen LogP contribution in [-0.2, 0) is 6.42 Å². The third kappa shape index (κ3) is 3.88. The van der Waals surface area contributed by atoms with Crippen molar-refractivity contribution in [2.75, 3.05) is 6.54 Å². The van der Waals surface area contributed by atoms with Gasteiger partial charge in [-0.15, -0.1) is 0 Å². The van der Waals surface area contributed by atoms with E-state index in [1.54, 1.807) is 0 Å². The summed E-state index contributed by atoms with van der Waals surface area (Å²) >= 11 is 12.4. The van der Waals surface area contributed by atoms with Gasteiger partial charge in [0.2, 0.25) is 0 Å². The van der Waals surface area contributed by atoms with Gasteiger partial charge in [0.1, 0.15) is 0 Å². The fourth-order valence-corrected chi connectivity index (χ4v) is 3.12. The van der Waals surface area contributed by atoms with E-state index in [2.05, 4.69) is 12.2 Å². The van der Waals surface area contributed by atoms with Gasteiger partial charge in [0.15, 0.2) is 0 Å². The second kappa shape index (κ2) is 6.79. The SMILES string of the molecule is CCNC(CCCc1c(Cl)cccc1Cl)C1CC1. The molecule has 0 aliphatic heterocycles. The fourth-order valence-electron chi connectivity index (χ4n) is 2.54.